The molecule has 0 aliphatic carbocycles. The van der Waals surface area contributed by atoms with E-state index in [9.17, 15) is 0 Å². The van der Waals surface area contributed by atoms with Crippen LogP contribution in [0.3, 0.4) is 0 Å². The third-order valence-corrected chi connectivity index (χ3v) is 7.05. The van der Waals surface area contributed by atoms with Crippen LogP contribution in [-0.2, 0) is 6.54 Å². The minimum absolute atomic E-state index is 0.653. The Balaban J connectivity index is 1.48. The van der Waals surface area contributed by atoms with Crippen LogP contribution in [0.4, 0.5) is 0 Å². The van der Waals surface area contributed by atoms with E-state index in [4.69, 9.17) is 0 Å². The molecule has 0 radical (unpaired) electrons. The molecular formula is C21H34N4S. The van der Waals surface area contributed by atoms with E-state index in [1.165, 1.54) is 30.7 Å². The normalized spacial score (nSPS) is 27.7. The summed E-state index contributed by atoms with van der Waals surface area (Å²) in [6.45, 7) is 10.2. The number of likely N-dealkylation sites (tertiary alicyclic amines) is 1. The van der Waals surface area contributed by atoms with Crippen molar-refractivity contribution in [1.82, 2.24) is 15.1 Å². The predicted molar refractivity (Wildman–Crippen MR) is 114 cm³/mol. The number of hydrogen-bond acceptors (Lipinski definition) is 3. The second kappa shape index (κ2) is 9.65. The Morgan fingerprint density at radius 2 is 2.08 bits per heavy atom. The Bertz CT molecular complexity index is 577. The molecule has 3 atom stereocenters. The molecule has 2 heterocycles. The van der Waals surface area contributed by atoms with Gasteiger partial charge in [0.25, 0.3) is 0 Å². The van der Waals surface area contributed by atoms with Crippen molar-refractivity contribution >= 4 is 17.7 Å². The van der Waals surface area contributed by atoms with Crippen molar-refractivity contribution < 1.29 is 0 Å². The zero-order chi connectivity index (χ0) is 18.4. The first-order valence-electron chi connectivity index (χ1n) is 10.0. The Hall–Kier alpha value is -1.20. The summed E-state index contributed by atoms with van der Waals surface area (Å²) in [4.78, 5) is 9.63. The maximum atomic E-state index is 4.56. The van der Waals surface area contributed by atoms with Gasteiger partial charge < -0.3 is 10.2 Å². The molecule has 5 heteroatoms. The Labute approximate surface area is 163 Å². The van der Waals surface area contributed by atoms with E-state index in [0.29, 0.717) is 12.0 Å². The monoisotopic (exact) mass is 374 g/mol. The zero-order valence-electron chi connectivity index (χ0n) is 16.5. The fourth-order valence-electron chi connectivity index (χ4n) is 4.13. The first kappa shape index (κ1) is 19.6. The van der Waals surface area contributed by atoms with E-state index >= 15 is 0 Å². The fraction of sp³-hybridized carbons (Fsp3) is 0.667. The number of thioether (sulfide) groups is 1. The summed E-state index contributed by atoms with van der Waals surface area (Å²) in [7, 11) is 1.92. The van der Waals surface area contributed by atoms with Gasteiger partial charge in [0.05, 0.1) is 0 Å². The molecule has 3 rings (SSSR count). The van der Waals surface area contributed by atoms with Crippen molar-refractivity contribution in [3.8, 4) is 0 Å². The quantitative estimate of drug-likeness (QED) is 0.633. The van der Waals surface area contributed by atoms with Crippen LogP contribution in [0.5, 0.6) is 0 Å². The summed E-state index contributed by atoms with van der Waals surface area (Å²) in [6, 6.07) is 11.5. The standard InChI is InChI=1S/C21H34N4S/c1-4-20-16-24(10-11-26-20)21(22-3)23-13-19-12-17(2)25(15-19)14-18-8-6-5-7-9-18/h5-9,17,19-20H,4,10-16H2,1-3H3,(H,22,23). The van der Waals surface area contributed by atoms with Crippen molar-refractivity contribution in [3.05, 3.63) is 35.9 Å². The average Bonchev–Trinajstić information content (AvgIpc) is 3.02. The molecule has 4 nitrogen and oxygen atoms in total. The van der Waals surface area contributed by atoms with E-state index < -0.39 is 0 Å². The molecule has 0 amide bonds. The van der Waals surface area contributed by atoms with Gasteiger partial charge in [-0.05, 0) is 31.2 Å². The summed E-state index contributed by atoms with van der Waals surface area (Å²) >= 11 is 2.11. The van der Waals surface area contributed by atoms with Gasteiger partial charge in [-0.1, -0.05) is 37.3 Å². The average molecular weight is 375 g/mol. The molecule has 1 aromatic rings. The van der Waals surface area contributed by atoms with E-state index in [1.807, 2.05) is 7.05 Å². The summed E-state index contributed by atoms with van der Waals surface area (Å²) in [6.07, 6.45) is 2.51. The molecule has 26 heavy (non-hydrogen) atoms. The highest BCUT2D eigenvalue weighted by Crippen LogP contribution is 2.25. The first-order chi connectivity index (χ1) is 12.7. The maximum Gasteiger partial charge on any atom is 0.193 e. The Morgan fingerprint density at radius 3 is 2.81 bits per heavy atom. The van der Waals surface area contributed by atoms with Crippen LogP contribution in [0.1, 0.15) is 32.3 Å². The second-order valence-electron chi connectivity index (χ2n) is 7.64. The number of guanidine groups is 1. The van der Waals surface area contributed by atoms with Crippen LogP contribution in [-0.4, -0.2) is 66.0 Å². The predicted octanol–water partition coefficient (Wildman–Crippen LogP) is 3.30. The second-order valence-corrected chi connectivity index (χ2v) is 9.05. The lowest BCUT2D eigenvalue weighted by atomic mass is 10.1. The first-order valence-corrected chi connectivity index (χ1v) is 11.1. The molecule has 2 saturated heterocycles. The molecule has 1 aromatic carbocycles. The number of hydrogen-bond donors (Lipinski definition) is 1. The van der Waals surface area contributed by atoms with Gasteiger partial charge in [0.15, 0.2) is 5.96 Å². The SMILES string of the molecule is CCC1CN(C(=NC)NCC2CC(C)N(Cc3ccccc3)C2)CCS1. The zero-order valence-corrected chi connectivity index (χ0v) is 17.3. The summed E-state index contributed by atoms with van der Waals surface area (Å²) in [5.41, 5.74) is 1.42. The maximum absolute atomic E-state index is 4.56. The van der Waals surface area contributed by atoms with Gasteiger partial charge in [0, 0.05) is 56.8 Å². The van der Waals surface area contributed by atoms with Crippen LogP contribution in [0, 0.1) is 5.92 Å². The van der Waals surface area contributed by atoms with Gasteiger partial charge in [-0.25, -0.2) is 0 Å². The molecule has 2 aliphatic heterocycles. The highest BCUT2D eigenvalue weighted by atomic mass is 32.2. The van der Waals surface area contributed by atoms with E-state index in [1.54, 1.807) is 0 Å². The molecule has 0 spiro atoms. The lowest BCUT2D eigenvalue weighted by molar-refractivity contribution is 0.255. The van der Waals surface area contributed by atoms with Crippen LogP contribution >= 0.6 is 11.8 Å². The van der Waals surface area contributed by atoms with Crippen molar-refractivity contribution in [2.45, 2.75) is 44.5 Å². The summed E-state index contributed by atoms with van der Waals surface area (Å²) in [5, 5.41) is 4.42. The molecular weight excluding hydrogens is 340 g/mol. The lowest BCUT2D eigenvalue weighted by Crippen LogP contribution is -2.49. The number of aliphatic imine (C=N–C) groups is 1. The lowest BCUT2D eigenvalue weighted by Gasteiger charge is -2.34. The van der Waals surface area contributed by atoms with Gasteiger partial charge in [0.1, 0.15) is 0 Å². The third kappa shape index (κ3) is 5.17. The molecule has 0 bridgehead atoms. The van der Waals surface area contributed by atoms with Gasteiger partial charge in [-0.2, -0.15) is 11.8 Å². The minimum Gasteiger partial charge on any atom is -0.356 e. The minimum atomic E-state index is 0.653. The van der Waals surface area contributed by atoms with E-state index in [-0.39, 0.29) is 0 Å². The van der Waals surface area contributed by atoms with Crippen molar-refractivity contribution in [2.24, 2.45) is 10.9 Å². The molecule has 3 unspecified atom stereocenters. The van der Waals surface area contributed by atoms with Crippen LogP contribution in [0.25, 0.3) is 0 Å². The molecule has 2 aliphatic rings. The van der Waals surface area contributed by atoms with Crippen LogP contribution in [0.2, 0.25) is 0 Å². The van der Waals surface area contributed by atoms with Crippen LogP contribution < -0.4 is 5.32 Å². The van der Waals surface area contributed by atoms with Gasteiger partial charge >= 0.3 is 0 Å². The number of rotatable bonds is 5. The van der Waals surface area contributed by atoms with Crippen LogP contribution in [0.15, 0.2) is 35.3 Å². The molecule has 144 valence electrons. The number of nitrogens with zero attached hydrogens (tertiary/aromatic N) is 3. The summed E-state index contributed by atoms with van der Waals surface area (Å²) in [5.74, 6) is 3.01. The van der Waals surface area contributed by atoms with E-state index in [2.05, 4.69) is 76.1 Å². The smallest absolute Gasteiger partial charge is 0.193 e. The topological polar surface area (TPSA) is 30.9 Å². The van der Waals surface area contributed by atoms with Crippen molar-refractivity contribution in [2.75, 3.05) is 39.0 Å². The van der Waals surface area contributed by atoms with Gasteiger partial charge in [-0.3, -0.25) is 9.89 Å². The Kier molecular flexibility index (Phi) is 7.26. The Morgan fingerprint density at radius 1 is 1.27 bits per heavy atom. The number of nitrogens with one attached hydrogen (secondary N) is 1. The van der Waals surface area contributed by atoms with Crippen molar-refractivity contribution in [1.29, 1.82) is 0 Å². The fourth-order valence-corrected chi connectivity index (χ4v) is 5.31. The molecule has 1 N–H and O–H groups in total. The van der Waals surface area contributed by atoms with Crippen molar-refractivity contribution in [3.63, 3.8) is 0 Å². The molecule has 2 fully saturated rings. The van der Waals surface area contributed by atoms with Gasteiger partial charge in [0.2, 0.25) is 0 Å². The highest BCUT2D eigenvalue weighted by Gasteiger charge is 2.29. The largest absolute Gasteiger partial charge is 0.356 e. The number of benzene rings is 1. The van der Waals surface area contributed by atoms with E-state index in [0.717, 1.165) is 37.4 Å². The van der Waals surface area contributed by atoms with Gasteiger partial charge in [-0.15, -0.1) is 0 Å². The molecule has 0 saturated carbocycles. The summed E-state index contributed by atoms with van der Waals surface area (Å²) < 4.78 is 0. The third-order valence-electron chi connectivity index (χ3n) is 5.67. The highest BCUT2D eigenvalue weighted by molar-refractivity contribution is 8.00. The molecule has 0 aromatic heterocycles.